The lowest BCUT2D eigenvalue weighted by atomic mass is 10.2. The lowest BCUT2D eigenvalue weighted by Crippen LogP contribution is -2.31. The maximum absolute atomic E-state index is 11.7. The zero-order chi connectivity index (χ0) is 15.0. The molecule has 20 heavy (non-hydrogen) atoms. The lowest BCUT2D eigenvalue weighted by molar-refractivity contribution is -0.131. The predicted octanol–water partition coefficient (Wildman–Crippen LogP) is 1.79. The Morgan fingerprint density at radius 2 is 2.05 bits per heavy atom. The first kappa shape index (κ1) is 16.3. The van der Waals surface area contributed by atoms with E-state index >= 15 is 0 Å². The number of nitrogens with two attached hydrogens (primary N) is 1. The number of benzene rings is 1. The zero-order valence-corrected chi connectivity index (χ0v) is 12.5. The second-order valence-corrected chi connectivity index (χ2v) is 4.52. The van der Waals surface area contributed by atoms with Crippen molar-refractivity contribution in [3.63, 3.8) is 0 Å². The molecule has 1 rings (SSSR count). The summed E-state index contributed by atoms with van der Waals surface area (Å²) in [6, 6.07) is 5.52. The van der Waals surface area contributed by atoms with Crippen molar-refractivity contribution in [2.45, 2.75) is 26.8 Å². The number of carbonyl (C=O) groups is 1. The molecule has 0 unspecified atom stereocenters. The first-order chi connectivity index (χ1) is 9.62. The topological polar surface area (TPSA) is 64.8 Å². The van der Waals surface area contributed by atoms with E-state index in [9.17, 15) is 4.79 Å². The van der Waals surface area contributed by atoms with Crippen LogP contribution in [0.3, 0.4) is 0 Å². The van der Waals surface area contributed by atoms with Gasteiger partial charge in [0.25, 0.3) is 5.91 Å². The second-order valence-electron chi connectivity index (χ2n) is 4.52. The standard InChI is InChI=1S/C15H24N2O3/c1-4-8-19-13-7-6-12(10-16)14(9-13)20-11-15(18)17(3)5-2/h6-7,9H,4-5,8,10-11,16H2,1-3H3. The van der Waals surface area contributed by atoms with E-state index < -0.39 is 0 Å². The normalized spacial score (nSPS) is 10.2. The number of likely N-dealkylation sites (N-methyl/N-ethyl adjacent to an activating group) is 1. The smallest absolute Gasteiger partial charge is 0.260 e. The third-order valence-corrected chi connectivity index (χ3v) is 2.98. The molecule has 2 N–H and O–H groups in total. The fourth-order valence-corrected chi connectivity index (χ4v) is 1.57. The number of hydrogen-bond donors (Lipinski definition) is 1. The summed E-state index contributed by atoms with van der Waals surface area (Å²) in [6.45, 7) is 5.65. The molecular weight excluding hydrogens is 256 g/mol. The van der Waals surface area contributed by atoms with Gasteiger partial charge in [-0.2, -0.15) is 0 Å². The fourth-order valence-electron chi connectivity index (χ4n) is 1.57. The van der Waals surface area contributed by atoms with Gasteiger partial charge in [0.05, 0.1) is 6.61 Å². The van der Waals surface area contributed by atoms with Crippen molar-refractivity contribution in [3.05, 3.63) is 23.8 Å². The van der Waals surface area contributed by atoms with Gasteiger partial charge in [0.2, 0.25) is 0 Å². The Morgan fingerprint density at radius 3 is 2.65 bits per heavy atom. The molecule has 1 amide bonds. The number of rotatable bonds is 8. The molecular formula is C15H24N2O3. The quantitative estimate of drug-likeness (QED) is 0.788. The predicted molar refractivity (Wildman–Crippen MR) is 78.9 cm³/mol. The first-order valence-corrected chi connectivity index (χ1v) is 6.94. The number of nitrogens with zero attached hydrogens (tertiary/aromatic N) is 1. The van der Waals surface area contributed by atoms with Crippen LogP contribution in [-0.2, 0) is 11.3 Å². The van der Waals surface area contributed by atoms with Gasteiger partial charge in [-0.25, -0.2) is 0 Å². The molecule has 0 aliphatic heterocycles. The van der Waals surface area contributed by atoms with Gasteiger partial charge >= 0.3 is 0 Å². The van der Waals surface area contributed by atoms with Crippen LogP contribution >= 0.6 is 0 Å². The van der Waals surface area contributed by atoms with Crippen LogP contribution in [0, 0.1) is 0 Å². The van der Waals surface area contributed by atoms with Crippen molar-refractivity contribution in [2.75, 3.05) is 26.8 Å². The Labute approximate surface area is 120 Å². The lowest BCUT2D eigenvalue weighted by Gasteiger charge is -2.16. The molecule has 0 aliphatic rings. The van der Waals surface area contributed by atoms with Gasteiger partial charge in [-0.15, -0.1) is 0 Å². The Morgan fingerprint density at radius 1 is 1.30 bits per heavy atom. The van der Waals surface area contributed by atoms with Crippen LogP contribution in [0.4, 0.5) is 0 Å². The van der Waals surface area contributed by atoms with Crippen molar-refractivity contribution < 1.29 is 14.3 Å². The molecule has 0 atom stereocenters. The highest BCUT2D eigenvalue weighted by molar-refractivity contribution is 5.77. The fraction of sp³-hybridized carbons (Fsp3) is 0.533. The van der Waals surface area contributed by atoms with Crippen LogP contribution < -0.4 is 15.2 Å². The van der Waals surface area contributed by atoms with Crippen molar-refractivity contribution >= 4 is 5.91 Å². The molecule has 0 heterocycles. The molecule has 1 aromatic carbocycles. The van der Waals surface area contributed by atoms with E-state index in [1.807, 2.05) is 26.0 Å². The van der Waals surface area contributed by atoms with Gasteiger partial charge in [-0.05, 0) is 19.4 Å². The third-order valence-electron chi connectivity index (χ3n) is 2.98. The van der Waals surface area contributed by atoms with Crippen LogP contribution in [0.5, 0.6) is 11.5 Å². The van der Waals surface area contributed by atoms with E-state index in [1.165, 1.54) is 0 Å². The van der Waals surface area contributed by atoms with Crippen LogP contribution in [0.15, 0.2) is 18.2 Å². The molecule has 0 fully saturated rings. The summed E-state index contributed by atoms with van der Waals surface area (Å²) in [4.78, 5) is 13.4. The van der Waals surface area contributed by atoms with Gasteiger partial charge in [-0.3, -0.25) is 4.79 Å². The molecule has 0 radical (unpaired) electrons. The van der Waals surface area contributed by atoms with E-state index in [0.29, 0.717) is 25.4 Å². The average Bonchev–Trinajstić information content (AvgIpc) is 2.49. The Kier molecular flexibility index (Phi) is 6.87. The maximum atomic E-state index is 11.7. The summed E-state index contributed by atoms with van der Waals surface area (Å²) >= 11 is 0. The van der Waals surface area contributed by atoms with E-state index in [0.717, 1.165) is 17.7 Å². The number of amides is 1. The molecule has 0 spiro atoms. The molecule has 5 nitrogen and oxygen atoms in total. The van der Waals surface area contributed by atoms with Crippen molar-refractivity contribution in [2.24, 2.45) is 5.73 Å². The highest BCUT2D eigenvalue weighted by atomic mass is 16.5. The van der Waals surface area contributed by atoms with E-state index in [1.54, 1.807) is 18.0 Å². The van der Waals surface area contributed by atoms with Crippen molar-refractivity contribution in [1.29, 1.82) is 0 Å². The highest BCUT2D eigenvalue weighted by Crippen LogP contribution is 2.25. The molecule has 0 bridgehead atoms. The summed E-state index contributed by atoms with van der Waals surface area (Å²) in [5.41, 5.74) is 6.54. The summed E-state index contributed by atoms with van der Waals surface area (Å²) in [6.07, 6.45) is 0.939. The third kappa shape index (κ3) is 4.74. The SMILES string of the molecule is CCCOc1ccc(CN)c(OCC(=O)N(C)CC)c1. The molecule has 5 heteroatoms. The minimum atomic E-state index is -0.0599. The van der Waals surface area contributed by atoms with Crippen LogP contribution in [0.2, 0.25) is 0 Å². The monoisotopic (exact) mass is 280 g/mol. The van der Waals surface area contributed by atoms with Gasteiger partial charge in [0.15, 0.2) is 6.61 Å². The minimum Gasteiger partial charge on any atom is -0.493 e. The average molecular weight is 280 g/mol. The van der Waals surface area contributed by atoms with Gasteiger partial charge in [-0.1, -0.05) is 13.0 Å². The minimum absolute atomic E-state index is 0.00850. The molecule has 1 aromatic rings. The number of hydrogen-bond acceptors (Lipinski definition) is 4. The van der Waals surface area contributed by atoms with Crippen LogP contribution in [-0.4, -0.2) is 37.6 Å². The molecule has 0 aliphatic carbocycles. The maximum Gasteiger partial charge on any atom is 0.260 e. The Balaban J connectivity index is 2.72. The summed E-state index contributed by atoms with van der Waals surface area (Å²) in [5, 5.41) is 0. The van der Waals surface area contributed by atoms with Crippen molar-refractivity contribution in [1.82, 2.24) is 4.90 Å². The molecule has 0 saturated heterocycles. The molecule has 0 aromatic heterocycles. The zero-order valence-electron chi connectivity index (χ0n) is 12.5. The second kappa shape index (κ2) is 8.43. The number of carbonyl (C=O) groups excluding carboxylic acids is 1. The Bertz CT molecular complexity index is 435. The summed E-state index contributed by atoms with van der Waals surface area (Å²) in [7, 11) is 1.75. The van der Waals surface area contributed by atoms with Gasteiger partial charge in [0.1, 0.15) is 11.5 Å². The largest absolute Gasteiger partial charge is 0.493 e. The van der Waals surface area contributed by atoms with Crippen LogP contribution in [0.25, 0.3) is 0 Å². The van der Waals surface area contributed by atoms with E-state index in [2.05, 4.69) is 0 Å². The molecule has 0 saturated carbocycles. The first-order valence-electron chi connectivity index (χ1n) is 6.94. The van der Waals surface area contributed by atoms with Crippen molar-refractivity contribution in [3.8, 4) is 11.5 Å². The van der Waals surface area contributed by atoms with Gasteiger partial charge < -0.3 is 20.1 Å². The molecule has 112 valence electrons. The Hall–Kier alpha value is -1.75. The summed E-state index contributed by atoms with van der Waals surface area (Å²) < 4.78 is 11.1. The highest BCUT2D eigenvalue weighted by Gasteiger charge is 2.10. The number of ether oxygens (including phenoxy) is 2. The van der Waals surface area contributed by atoms with Gasteiger partial charge in [0, 0.05) is 31.8 Å². The van der Waals surface area contributed by atoms with E-state index in [-0.39, 0.29) is 12.5 Å². The summed E-state index contributed by atoms with van der Waals surface area (Å²) in [5.74, 6) is 1.28. The van der Waals surface area contributed by atoms with E-state index in [4.69, 9.17) is 15.2 Å². The van der Waals surface area contributed by atoms with Crippen LogP contribution in [0.1, 0.15) is 25.8 Å².